The van der Waals surface area contributed by atoms with Crippen LogP contribution in [0.1, 0.15) is 28.7 Å². The lowest BCUT2D eigenvalue weighted by Crippen LogP contribution is -2.05. The summed E-state index contributed by atoms with van der Waals surface area (Å²) < 4.78 is 23.7. The van der Waals surface area contributed by atoms with Crippen LogP contribution in [0.3, 0.4) is 0 Å². The monoisotopic (exact) mass is 289 g/mol. The van der Waals surface area contributed by atoms with Crippen LogP contribution in [0, 0.1) is 17.1 Å². The molecule has 0 aliphatic carbocycles. The molecule has 0 saturated carbocycles. The molecule has 2 aromatic rings. The van der Waals surface area contributed by atoms with Crippen molar-refractivity contribution in [3.05, 3.63) is 53.7 Å². The number of benzene rings is 1. The number of hydrogen-bond donors (Lipinski definition) is 1. The SMILES string of the molecule is N#CC(CCOc1ccccc1F)c1ccc(C(=O)O)o1. The Bertz CT molecular complexity index is 674. The van der Waals surface area contributed by atoms with Crippen LogP contribution in [-0.2, 0) is 0 Å². The number of rotatable bonds is 6. The molecule has 1 aromatic carbocycles. The van der Waals surface area contributed by atoms with E-state index in [-0.39, 0.29) is 30.3 Å². The van der Waals surface area contributed by atoms with Crippen molar-refractivity contribution in [3.63, 3.8) is 0 Å². The van der Waals surface area contributed by atoms with Gasteiger partial charge in [0.1, 0.15) is 11.7 Å². The summed E-state index contributed by atoms with van der Waals surface area (Å²) in [5.41, 5.74) is 0. The van der Waals surface area contributed by atoms with E-state index in [1.807, 2.05) is 6.07 Å². The molecule has 0 aliphatic heterocycles. The molecular weight excluding hydrogens is 277 g/mol. The molecular formula is C15H12FNO4. The van der Waals surface area contributed by atoms with Gasteiger partial charge in [-0.1, -0.05) is 12.1 Å². The average Bonchev–Trinajstić information content (AvgIpc) is 2.95. The van der Waals surface area contributed by atoms with Crippen LogP contribution >= 0.6 is 0 Å². The minimum Gasteiger partial charge on any atom is -0.490 e. The predicted octanol–water partition coefficient (Wildman–Crippen LogP) is 3.19. The number of carboxylic acid groups (broad SMARTS) is 1. The van der Waals surface area contributed by atoms with Gasteiger partial charge in [0, 0.05) is 6.42 Å². The highest BCUT2D eigenvalue weighted by Gasteiger charge is 2.18. The Kier molecular flexibility index (Phi) is 4.57. The quantitative estimate of drug-likeness (QED) is 0.882. The third-order valence-corrected chi connectivity index (χ3v) is 2.84. The molecule has 2 rings (SSSR count). The minimum absolute atomic E-state index is 0.111. The van der Waals surface area contributed by atoms with Gasteiger partial charge in [0.2, 0.25) is 5.76 Å². The van der Waals surface area contributed by atoms with E-state index in [2.05, 4.69) is 0 Å². The van der Waals surface area contributed by atoms with Crippen LogP contribution in [0.5, 0.6) is 5.75 Å². The van der Waals surface area contributed by atoms with Gasteiger partial charge in [-0.3, -0.25) is 0 Å². The van der Waals surface area contributed by atoms with Gasteiger partial charge in [-0.2, -0.15) is 5.26 Å². The first-order valence-electron chi connectivity index (χ1n) is 6.21. The van der Waals surface area contributed by atoms with Gasteiger partial charge in [0.25, 0.3) is 0 Å². The summed E-state index contributed by atoms with van der Waals surface area (Å²) in [5.74, 6) is -2.17. The highest BCUT2D eigenvalue weighted by atomic mass is 19.1. The molecule has 1 unspecified atom stereocenters. The zero-order valence-electron chi connectivity index (χ0n) is 11.0. The van der Waals surface area contributed by atoms with E-state index >= 15 is 0 Å². The maximum Gasteiger partial charge on any atom is 0.371 e. The lowest BCUT2D eigenvalue weighted by Gasteiger charge is -2.09. The summed E-state index contributed by atoms with van der Waals surface area (Å²) in [4.78, 5) is 10.7. The molecule has 0 saturated heterocycles. The summed E-state index contributed by atoms with van der Waals surface area (Å²) in [6.07, 6.45) is 0.261. The van der Waals surface area contributed by atoms with Crippen molar-refractivity contribution < 1.29 is 23.4 Å². The Morgan fingerprint density at radius 3 is 2.76 bits per heavy atom. The van der Waals surface area contributed by atoms with Crippen molar-refractivity contribution >= 4 is 5.97 Å². The first-order chi connectivity index (χ1) is 10.1. The molecule has 0 fully saturated rings. The average molecular weight is 289 g/mol. The number of halogens is 1. The van der Waals surface area contributed by atoms with Gasteiger partial charge in [-0.05, 0) is 24.3 Å². The number of nitriles is 1. The van der Waals surface area contributed by atoms with Gasteiger partial charge in [-0.25, -0.2) is 9.18 Å². The fraction of sp³-hybridized carbons (Fsp3) is 0.200. The Morgan fingerprint density at radius 2 is 2.14 bits per heavy atom. The molecule has 1 N–H and O–H groups in total. The summed E-state index contributed by atoms with van der Waals surface area (Å²) in [7, 11) is 0. The number of carbonyl (C=O) groups is 1. The van der Waals surface area contributed by atoms with E-state index < -0.39 is 17.7 Å². The van der Waals surface area contributed by atoms with Gasteiger partial charge in [0.15, 0.2) is 11.6 Å². The maximum absolute atomic E-state index is 13.3. The lowest BCUT2D eigenvalue weighted by molar-refractivity contribution is 0.0660. The summed E-state index contributed by atoms with van der Waals surface area (Å²) in [5, 5.41) is 17.9. The standard InChI is InChI=1S/C15H12FNO4/c16-11-3-1-2-4-13(11)20-8-7-10(9-17)12-5-6-14(21-12)15(18)19/h1-6,10H,7-8H2,(H,18,19). The van der Waals surface area contributed by atoms with Gasteiger partial charge >= 0.3 is 5.97 Å². The van der Waals surface area contributed by atoms with E-state index in [1.165, 1.54) is 24.3 Å². The highest BCUT2D eigenvalue weighted by Crippen LogP contribution is 2.23. The molecule has 1 heterocycles. The van der Waals surface area contributed by atoms with Crippen molar-refractivity contribution in [3.8, 4) is 11.8 Å². The van der Waals surface area contributed by atoms with Crippen molar-refractivity contribution in [2.75, 3.05) is 6.61 Å². The molecule has 0 bridgehead atoms. The molecule has 1 aromatic heterocycles. The fourth-order valence-electron chi connectivity index (χ4n) is 1.77. The molecule has 5 nitrogen and oxygen atoms in total. The summed E-state index contributed by atoms with van der Waals surface area (Å²) >= 11 is 0. The second-order valence-electron chi connectivity index (χ2n) is 4.26. The van der Waals surface area contributed by atoms with E-state index in [0.29, 0.717) is 0 Å². The normalized spacial score (nSPS) is 11.6. The third kappa shape index (κ3) is 3.60. The summed E-state index contributed by atoms with van der Waals surface area (Å²) in [6, 6.07) is 10.7. The third-order valence-electron chi connectivity index (χ3n) is 2.84. The predicted molar refractivity (Wildman–Crippen MR) is 70.5 cm³/mol. The van der Waals surface area contributed by atoms with Crippen molar-refractivity contribution in [2.24, 2.45) is 0 Å². The highest BCUT2D eigenvalue weighted by molar-refractivity contribution is 5.84. The zero-order chi connectivity index (χ0) is 15.2. The smallest absolute Gasteiger partial charge is 0.371 e. The number of para-hydroxylation sites is 1. The molecule has 0 amide bonds. The number of aromatic carboxylic acids is 1. The first-order valence-corrected chi connectivity index (χ1v) is 6.21. The Balaban J connectivity index is 1.95. The van der Waals surface area contributed by atoms with Crippen molar-refractivity contribution in [1.82, 2.24) is 0 Å². The van der Waals surface area contributed by atoms with E-state index in [0.717, 1.165) is 0 Å². The van der Waals surface area contributed by atoms with Crippen LogP contribution in [-0.4, -0.2) is 17.7 Å². The fourth-order valence-corrected chi connectivity index (χ4v) is 1.77. The number of carboxylic acids is 1. The van der Waals surface area contributed by atoms with Gasteiger partial charge < -0.3 is 14.3 Å². The summed E-state index contributed by atoms with van der Waals surface area (Å²) in [6.45, 7) is 0.113. The molecule has 6 heteroatoms. The van der Waals surface area contributed by atoms with Gasteiger partial charge in [-0.15, -0.1) is 0 Å². The molecule has 0 spiro atoms. The van der Waals surface area contributed by atoms with E-state index in [4.69, 9.17) is 19.5 Å². The second kappa shape index (κ2) is 6.57. The van der Waals surface area contributed by atoms with Crippen LogP contribution in [0.15, 0.2) is 40.8 Å². The van der Waals surface area contributed by atoms with Crippen LogP contribution in [0.25, 0.3) is 0 Å². The number of hydrogen-bond acceptors (Lipinski definition) is 4. The Hall–Kier alpha value is -2.81. The largest absolute Gasteiger partial charge is 0.490 e. The van der Waals surface area contributed by atoms with Crippen LogP contribution in [0.4, 0.5) is 4.39 Å². The number of ether oxygens (including phenoxy) is 1. The van der Waals surface area contributed by atoms with Crippen LogP contribution in [0.2, 0.25) is 0 Å². The maximum atomic E-state index is 13.3. The Morgan fingerprint density at radius 1 is 1.38 bits per heavy atom. The lowest BCUT2D eigenvalue weighted by atomic mass is 10.1. The number of nitrogens with zero attached hydrogens (tertiary/aromatic N) is 1. The molecule has 1 atom stereocenters. The Labute approximate surface area is 120 Å². The zero-order valence-corrected chi connectivity index (χ0v) is 11.0. The molecule has 21 heavy (non-hydrogen) atoms. The second-order valence-corrected chi connectivity index (χ2v) is 4.26. The van der Waals surface area contributed by atoms with E-state index in [9.17, 15) is 9.18 Å². The van der Waals surface area contributed by atoms with E-state index in [1.54, 1.807) is 12.1 Å². The van der Waals surface area contributed by atoms with Crippen molar-refractivity contribution in [1.29, 1.82) is 5.26 Å². The van der Waals surface area contributed by atoms with Crippen molar-refractivity contribution in [2.45, 2.75) is 12.3 Å². The molecule has 0 radical (unpaired) electrons. The number of furan rings is 1. The first kappa shape index (κ1) is 14.6. The molecule has 108 valence electrons. The topological polar surface area (TPSA) is 83.5 Å². The van der Waals surface area contributed by atoms with Gasteiger partial charge in [0.05, 0.1) is 12.7 Å². The molecule has 0 aliphatic rings. The van der Waals surface area contributed by atoms with Crippen LogP contribution < -0.4 is 4.74 Å². The minimum atomic E-state index is -1.19.